The van der Waals surface area contributed by atoms with E-state index in [-0.39, 0.29) is 6.61 Å². The normalized spacial score (nSPS) is 11.5. The molecule has 0 heterocycles. The van der Waals surface area contributed by atoms with Gasteiger partial charge in [-0.05, 0) is 36.6 Å². The third-order valence-corrected chi connectivity index (χ3v) is 2.60. The first-order valence-corrected chi connectivity index (χ1v) is 6.72. The molecule has 0 fully saturated rings. The molecular weight excluding hydrogens is 316 g/mol. The monoisotopic (exact) mass is 334 g/mol. The Morgan fingerprint density at radius 1 is 1.38 bits per heavy atom. The number of benzene rings is 1. The Morgan fingerprint density at radius 3 is 2.33 bits per heavy atom. The van der Waals surface area contributed by atoms with Crippen molar-refractivity contribution in [3.8, 4) is 18.1 Å². The number of terminal acetylenes is 1. The van der Waals surface area contributed by atoms with Crippen LogP contribution in [0.2, 0.25) is 0 Å². The van der Waals surface area contributed by atoms with E-state index in [2.05, 4.69) is 15.9 Å². The summed E-state index contributed by atoms with van der Waals surface area (Å²) in [5, 5.41) is 19.6. The second-order valence-corrected chi connectivity index (χ2v) is 4.50. The third kappa shape index (κ3) is 8.94. The number of nitrogens with two attached hydrogens (primary N) is 1. The molecule has 0 amide bonds. The zero-order valence-electron chi connectivity index (χ0n) is 13.0. The van der Waals surface area contributed by atoms with Crippen molar-refractivity contribution in [3.63, 3.8) is 0 Å². The number of ether oxygens (including phenoxy) is 1. The van der Waals surface area contributed by atoms with Crippen LogP contribution in [0.3, 0.4) is 0 Å². The molecule has 9 heteroatoms. The number of hydrogen-bond donors (Lipinski definition) is 3. The molecule has 0 spiro atoms. The van der Waals surface area contributed by atoms with Gasteiger partial charge in [-0.1, -0.05) is 23.2 Å². The summed E-state index contributed by atoms with van der Waals surface area (Å²) in [6.07, 6.45) is 5.35. The molecule has 9 nitrogen and oxygen atoms in total. The lowest BCUT2D eigenvalue weighted by atomic mass is 10.1. The van der Waals surface area contributed by atoms with Crippen LogP contribution in [-0.4, -0.2) is 40.8 Å². The molecule has 1 rings (SSSR count). The summed E-state index contributed by atoms with van der Waals surface area (Å²) in [5.74, 6) is 0.901. The summed E-state index contributed by atoms with van der Waals surface area (Å²) in [5.41, 5.74) is 13.9. The maximum Gasteiger partial charge on any atom is 0.320 e. The topological polar surface area (TPSA) is 159 Å². The van der Waals surface area contributed by atoms with E-state index < -0.39 is 24.0 Å². The minimum Gasteiger partial charge on any atom is -0.481 e. The fourth-order valence-corrected chi connectivity index (χ4v) is 1.31. The van der Waals surface area contributed by atoms with E-state index in [1.54, 1.807) is 24.3 Å². The summed E-state index contributed by atoms with van der Waals surface area (Å²) >= 11 is 0. The molecule has 1 aromatic rings. The van der Waals surface area contributed by atoms with Gasteiger partial charge in [0.1, 0.15) is 24.4 Å². The first kappa shape index (κ1) is 20.8. The first-order chi connectivity index (χ1) is 11.3. The van der Waals surface area contributed by atoms with Crippen LogP contribution >= 0.6 is 0 Å². The van der Waals surface area contributed by atoms with Crippen LogP contribution in [0.4, 0.5) is 0 Å². The van der Waals surface area contributed by atoms with Crippen molar-refractivity contribution in [2.75, 3.05) is 6.61 Å². The van der Waals surface area contributed by atoms with Crippen LogP contribution in [0.25, 0.3) is 10.4 Å². The van der Waals surface area contributed by atoms with Crippen LogP contribution in [0.5, 0.6) is 5.75 Å². The van der Waals surface area contributed by atoms with Crippen molar-refractivity contribution < 1.29 is 24.5 Å². The molecule has 0 aliphatic rings. The molecule has 0 unspecified atom stereocenters. The highest BCUT2D eigenvalue weighted by atomic mass is 16.5. The predicted octanol–water partition coefficient (Wildman–Crippen LogP) is 1.42. The van der Waals surface area contributed by atoms with Crippen LogP contribution in [-0.2, 0) is 16.0 Å². The van der Waals surface area contributed by atoms with Crippen LogP contribution in [0, 0.1) is 12.3 Å². The van der Waals surface area contributed by atoms with Gasteiger partial charge in [0.2, 0.25) is 0 Å². The number of carboxylic acid groups (broad SMARTS) is 2. The Balaban J connectivity index is 0.000000561. The van der Waals surface area contributed by atoms with E-state index in [0.717, 1.165) is 5.56 Å². The van der Waals surface area contributed by atoms with E-state index in [4.69, 9.17) is 32.6 Å². The van der Waals surface area contributed by atoms with Gasteiger partial charge in [-0.2, -0.15) is 0 Å². The van der Waals surface area contributed by atoms with Gasteiger partial charge in [0.25, 0.3) is 0 Å². The van der Waals surface area contributed by atoms with Gasteiger partial charge in [-0.15, -0.1) is 6.42 Å². The fraction of sp³-hybridized carbons (Fsp3) is 0.333. The Hall–Kier alpha value is -3.21. The molecule has 0 aromatic heterocycles. The van der Waals surface area contributed by atoms with Crippen molar-refractivity contribution in [1.29, 1.82) is 0 Å². The lowest BCUT2D eigenvalue weighted by molar-refractivity contribution is -0.139. The van der Waals surface area contributed by atoms with Gasteiger partial charge in [0.05, 0.1) is 0 Å². The molecule has 128 valence electrons. The number of azide groups is 1. The average molecular weight is 334 g/mol. The highest BCUT2D eigenvalue weighted by molar-refractivity contribution is 5.73. The summed E-state index contributed by atoms with van der Waals surface area (Å²) in [6, 6.07) is 5.18. The van der Waals surface area contributed by atoms with Crippen molar-refractivity contribution in [3.05, 3.63) is 40.3 Å². The van der Waals surface area contributed by atoms with Gasteiger partial charge in [-0.3, -0.25) is 9.59 Å². The fourth-order valence-electron chi connectivity index (χ4n) is 1.31. The molecule has 0 saturated carbocycles. The van der Waals surface area contributed by atoms with Gasteiger partial charge in [0, 0.05) is 4.91 Å². The van der Waals surface area contributed by atoms with E-state index in [1.165, 1.54) is 6.92 Å². The summed E-state index contributed by atoms with van der Waals surface area (Å²) in [6.45, 7) is 1.52. The van der Waals surface area contributed by atoms with Crippen molar-refractivity contribution >= 4 is 11.9 Å². The molecule has 0 radical (unpaired) electrons. The average Bonchev–Trinajstić information content (AvgIpc) is 2.54. The molecule has 0 bridgehead atoms. The molecule has 1 aromatic carbocycles. The number of nitrogens with zero attached hydrogens (tertiary/aromatic N) is 3. The van der Waals surface area contributed by atoms with Crippen LogP contribution < -0.4 is 10.5 Å². The molecule has 2 atom stereocenters. The number of carbonyl (C=O) groups is 2. The van der Waals surface area contributed by atoms with Gasteiger partial charge >= 0.3 is 11.9 Å². The minimum atomic E-state index is -1.11. The quantitative estimate of drug-likeness (QED) is 0.296. The number of rotatable bonds is 7. The third-order valence-electron chi connectivity index (χ3n) is 2.60. The predicted molar refractivity (Wildman–Crippen MR) is 86.3 cm³/mol. The molecule has 4 N–H and O–H groups in total. The highest BCUT2D eigenvalue weighted by Crippen LogP contribution is 2.13. The molecule has 0 aliphatic heterocycles. The SMILES string of the molecule is C#CCOc1ccc(C[C@H](N)C(=O)O)cc1.C[C@H](N=[N+]=[N-])C(=O)O. The zero-order chi connectivity index (χ0) is 18.5. The Bertz CT molecular complexity index is 630. The van der Waals surface area contributed by atoms with Gasteiger partial charge < -0.3 is 20.7 Å². The van der Waals surface area contributed by atoms with E-state index in [9.17, 15) is 9.59 Å². The van der Waals surface area contributed by atoms with Crippen molar-refractivity contribution in [2.24, 2.45) is 10.8 Å². The van der Waals surface area contributed by atoms with Gasteiger partial charge in [-0.25, -0.2) is 0 Å². The molecular formula is C15H18N4O5. The largest absolute Gasteiger partial charge is 0.481 e. The van der Waals surface area contributed by atoms with E-state index in [1.807, 2.05) is 0 Å². The van der Waals surface area contributed by atoms with Crippen LogP contribution in [0.1, 0.15) is 12.5 Å². The summed E-state index contributed by atoms with van der Waals surface area (Å²) < 4.78 is 5.18. The lowest BCUT2D eigenvalue weighted by Crippen LogP contribution is -2.32. The highest BCUT2D eigenvalue weighted by Gasteiger charge is 2.11. The minimum absolute atomic E-state index is 0.216. The van der Waals surface area contributed by atoms with E-state index >= 15 is 0 Å². The number of hydrogen-bond acceptors (Lipinski definition) is 5. The molecule has 0 saturated heterocycles. The summed E-state index contributed by atoms with van der Waals surface area (Å²) in [7, 11) is 0. The van der Waals surface area contributed by atoms with Crippen molar-refractivity contribution in [2.45, 2.75) is 25.4 Å². The first-order valence-electron chi connectivity index (χ1n) is 6.72. The Morgan fingerprint density at radius 2 is 1.96 bits per heavy atom. The second-order valence-electron chi connectivity index (χ2n) is 4.50. The van der Waals surface area contributed by atoms with E-state index in [0.29, 0.717) is 12.2 Å². The van der Waals surface area contributed by atoms with Crippen LogP contribution in [0.15, 0.2) is 29.4 Å². The maximum atomic E-state index is 10.5. The number of aliphatic carboxylic acids is 2. The van der Waals surface area contributed by atoms with Gasteiger partial charge in [0.15, 0.2) is 0 Å². The molecule has 24 heavy (non-hydrogen) atoms. The molecule has 0 aliphatic carbocycles. The standard InChI is InChI=1S/C12H13NO3.C3H5N3O2/c1-2-7-16-10-5-3-9(4-6-10)8-11(13)12(14)15;1-2(3(7)8)5-6-4/h1,3-6,11H,7-8,13H2,(H,14,15);2H,1H3,(H,7,8)/t11-;2-/m00/s1. The maximum absolute atomic E-state index is 10.5. The smallest absolute Gasteiger partial charge is 0.320 e. The zero-order valence-corrected chi connectivity index (χ0v) is 13.0. The Labute approximate surface area is 138 Å². The second kappa shape index (κ2) is 11.4. The van der Waals surface area contributed by atoms with Crippen molar-refractivity contribution in [1.82, 2.24) is 0 Å². The summed E-state index contributed by atoms with van der Waals surface area (Å²) in [4.78, 5) is 22.7. The Kier molecular flexibility index (Phi) is 9.85. The number of carboxylic acids is 2. The lowest BCUT2D eigenvalue weighted by Gasteiger charge is -2.07.